The van der Waals surface area contributed by atoms with E-state index in [1.165, 1.54) is 6.26 Å². The Labute approximate surface area is 126 Å². The van der Waals surface area contributed by atoms with Crippen molar-refractivity contribution in [1.82, 2.24) is 5.32 Å². The minimum atomic E-state index is -1.28. The summed E-state index contributed by atoms with van der Waals surface area (Å²) < 4.78 is 15.6. The molecule has 0 bridgehead atoms. The number of furan rings is 1. The van der Waals surface area contributed by atoms with Crippen LogP contribution in [0.15, 0.2) is 41.0 Å². The van der Waals surface area contributed by atoms with Crippen molar-refractivity contribution in [2.24, 2.45) is 0 Å². The number of carbonyl (C=O) groups is 1. The van der Waals surface area contributed by atoms with Crippen molar-refractivity contribution in [3.05, 3.63) is 42.4 Å². The molecular weight excluding hydrogens is 288 g/mol. The van der Waals surface area contributed by atoms with Crippen LogP contribution in [-0.4, -0.2) is 24.5 Å². The number of rotatable bonds is 4. The molecule has 0 saturated carbocycles. The molecule has 116 valence electrons. The molecule has 7 heteroatoms. The molecule has 0 unspecified atom stereocenters. The van der Waals surface area contributed by atoms with Crippen LogP contribution in [0, 0.1) is 0 Å². The third kappa shape index (κ3) is 2.99. The second-order valence-electron chi connectivity index (χ2n) is 5.13. The average Bonchev–Trinajstić information content (AvgIpc) is 3.16. The van der Waals surface area contributed by atoms with Gasteiger partial charge in [0.05, 0.1) is 12.8 Å². The Morgan fingerprint density at radius 1 is 1.32 bits per heavy atom. The fraction of sp³-hybridized carbons (Fsp3) is 0.267. The molecule has 3 N–H and O–H groups in total. The normalized spacial score (nSPS) is 15.2. The number of urea groups is 1. The Balaban J connectivity index is 1.57. The quantitative estimate of drug-likeness (QED) is 0.803. The van der Waals surface area contributed by atoms with Crippen molar-refractivity contribution in [3.8, 4) is 11.5 Å². The lowest BCUT2D eigenvalue weighted by molar-refractivity contribution is 0.0372. The van der Waals surface area contributed by atoms with Crippen molar-refractivity contribution in [3.63, 3.8) is 0 Å². The first-order chi connectivity index (χ1) is 10.5. The molecule has 1 aromatic carbocycles. The molecule has 0 radical (unpaired) electrons. The number of ether oxygens (including phenoxy) is 2. The standard InChI is InChI=1S/C15H16N2O5/c1-15(19,13-3-2-6-20-13)8-16-14(18)17-10-4-5-11-12(7-10)22-9-21-11/h2-7,19H,8-9H2,1H3,(H2,16,17,18)/t15-/m0/s1. The van der Waals surface area contributed by atoms with Crippen LogP contribution in [0.2, 0.25) is 0 Å². The Bertz CT molecular complexity index is 667. The van der Waals surface area contributed by atoms with Crippen LogP contribution in [0.4, 0.5) is 10.5 Å². The number of hydrogen-bond acceptors (Lipinski definition) is 5. The maximum Gasteiger partial charge on any atom is 0.319 e. The number of amides is 2. The van der Waals surface area contributed by atoms with Gasteiger partial charge in [0.15, 0.2) is 11.5 Å². The smallest absolute Gasteiger partial charge is 0.319 e. The van der Waals surface area contributed by atoms with E-state index in [9.17, 15) is 9.90 Å². The van der Waals surface area contributed by atoms with Crippen molar-refractivity contribution in [2.45, 2.75) is 12.5 Å². The van der Waals surface area contributed by atoms with E-state index in [4.69, 9.17) is 13.9 Å². The number of fused-ring (bicyclic) bond motifs is 1. The first-order valence-electron chi connectivity index (χ1n) is 6.75. The van der Waals surface area contributed by atoms with Gasteiger partial charge < -0.3 is 29.6 Å². The molecule has 7 nitrogen and oxygen atoms in total. The summed E-state index contributed by atoms with van der Waals surface area (Å²) in [5.41, 5.74) is -0.713. The molecule has 2 amide bonds. The largest absolute Gasteiger partial charge is 0.466 e. The molecule has 0 spiro atoms. The molecule has 22 heavy (non-hydrogen) atoms. The van der Waals surface area contributed by atoms with Crippen molar-refractivity contribution in [1.29, 1.82) is 0 Å². The summed E-state index contributed by atoms with van der Waals surface area (Å²) in [7, 11) is 0. The van der Waals surface area contributed by atoms with E-state index in [0.717, 1.165) is 0 Å². The van der Waals surface area contributed by atoms with Gasteiger partial charge in [0, 0.05) is 11.8 Å². The number of hydrogen-bond donors (Lipinski definition) is 3. The van der Waals surface area contributed by atoms with Crippen LogP contribution in [-0.2, 0) is 5.60 Å². The number of benzene rings is 1. The van der Waals surface area contributed by atoms with Crippen LogP contribution in [0.1, 0.15) is 12.7 Å². The predicted molar refractivity (Wildman–Crippen MR) is 77.9 cm³/mol. The van der Waals surface area contributed by atoms with Gasteiger partial charge in [-0.3, -0.25) is 0 Å². The second-order valence-corrected chi connectivity index (χ2v) is 5.13. The number of nitrogens with one attached hydrogen (secondary N) is 2. The zero-order chi connectivity index (χ0) is 15.6. The van der Waals surface area contributed by atoms with Crippen LogP contribution < -0.4 is 20.1 Å². The highest BCUT2D eigenvalue weighted by Crippen LogP contribution is 2.34. The van der Waals surface area contributed by atoms with Crippen molar-refractivity contribution < 1.29 is 23.8 Å². The molecule has 3 rings (SSSR count). The third-order valence-corrected chi connectivity index (χ3v) is 3.28. The Morgan fingerprint density at radius 3 is 2.91 bits per heavy atom. The molecule has 0 fully saturated rings. The minimum Gasteiger partial charge on any atom is -0.466 e. The number of aliphatic hydroxyl groups is 1. The zero-order valence-electron chi connectivity index (χ0n) is 12.0. The summed E-state index contributed by atoms with van der Waals surface area (Å²) in [5.74, 6) is 1.61. The van der Waals surface area contributed by atoms with Gasteiger partial charge in [-0.05, 0) is 31.2 Å². The van der Waals surface area contributed by atoms with Crippen LogP contribution in [0.3, 0.4) is 0 Å². The van der Waals surface area contributed by atoms with Crippen molar-refractivity contribution >= 4 is 11.7 Å². The Morgan fingerprint density at radius 2 is 2.14 bits per heavy atom. The van der Waals surface area contributed by atoms with E-state index in [1.807, 2.05) is 0 Å². The molecule has 0 aliphatic carbocycles. The van der Waals surface area contributed by atoms with Crippen molar-refractivity contribution in [2.75, 3.05) is 18.7 Å². The Hall–Kier alpha value is -2.67. The summed E-state index contributed by atoms with van der Waals surface area (Å²) in [5, 5.41) is 15.5. The fourth-order valence-electron chi connectivity index (χ4n) is 2.07. The van der Waals surface area contributed by atoms with Crippen LogP contribution in [0.25, 0.3) is 0 Å². The van der Waals surface area contributed by atoms with Gasteiger partial charge in [0.25, 0.3) is 0 Å². The monoisotopic (exact) mass is 304 g/mol. The van der Waals surface area contributed by atoms with Gasteiger partial charge in [0.2, 0.25) is 6.79 Å². The molecule has 1 aromatic heterocycles. The van der Waals surface area contributed by atoms with E-state index >= 15 is 0 Å². The summed E-state index contributed by atoms with van der Waals surface area (Å²) in [6.07, 6.45) is 1.47. The van der Waals surface area contributed by atoms with Gasteiger partial charge in [-0.25, -0.2) is 4.79 Å². The number of anilines is 1. The lowest BCUT2D eigenvalue weighted by atomic mass is 10.0. The molecule has 2 heterocycles. The predicted octanol–water partition coefficient (Wildman–Crippen LogP) is 2.04. The second kappa shape index (κ2) is 5.61. The fourth-order valence-corrected chi connectivity index (χ4v) is 2.07. The van der Waals surface area contributed by atoms with Crippen LogP contribution in [0.5, 0.6) is 11.5 Å². The third-order valence-electron chi connectivity index (χ3n) is 3.28. The van der Waals surface area contributed by atoms with Gasteiger partial charge in [-0.15, -0.1) is 0 Å². The van der Waals surface area contributed by atoms with Gasteiger partial charge in [-0.2, -0.15) is 0 Å². The van der Waals surface area contributed by atoms with Gasteiger partial charge in [-0.1, -0.05) is 0 Å². The molecule has 1 aliphatic heterocycles. The maximum absolute atomic E-state index is 11.9. The lowest BCUT2D eigenvalue weighted by Gasteiger charge is -2.21. The molecule has 2 aromatic rings. The molecule has 1 atom stereocenters. The summed E-state index contributed by atoms with van der Waals surface area (Å²) in [6, 6.07) is 7.99. The van der Waals surface area contributed by atoms with E-state index in [0.29, 0.717) is 22.9 Å². The average molecular weight is 304 g/mol. The molecular formula is C15H16N2O5. The first kappa shape index (κ1) is 14.3. The highest BCUT2D eigenvalue weighted by atomic mass is 16.7. The Kier molecular flexibility index (Phi) is 3.64. The minimum absolute atomic E-state index is 0.0108. The van der Waals surface area contributed by atoms with Crippen LogP contribution >= 0.6 is 0 Å². The van der Waals surface area contributed by atoms with E-state index in [1.54, 1.807) is 37.3 Å². The SMILES string of the molecule is C[C@](O)(CNC(=O)Nc1ccc2c(c1)OCO2)c1ccco1. The maximum atomic E-state index is 11.9. The highest BCUT2D eigenvalue weighted by Gasteiger charge is 2.26. The van der Waals surface area contributed by atoms with E-state index in [-0.39, 0.29) is 13.3 Å². The number of carbonyl (C=O) groups excluding carboxylic acids is 1. The molecule has 0 saturated heterocycles. The topological polar surface area (TPSA) is 93.0 Å². The highest BCUT2D eigenvalue weighted by molar-refractivity contribution is 5.89. The summed E-state index contributed by atoms with van der Waals surface area (Å²) in [4.78, 5) is 11.9. The summed E-state index contributed by atoms with van der Waals surface area (Å²) in [6.45, 7) is 1.75. The zero-order valence-corrected chi connectivity index (χ0v) is 12.0. The van der Waals surface area contributed by atoms with Gasteiger partial charge >= 0.3 is 6.03 Å². The molecule has 1 aliphatic rings. The van der Waals surface area contributed by atoms with E-state index < -0.39 is 11.6 Å². The van der Waals surface area contributed by atoms with E-state index in [2.05, 4.69) is 10.6 Å². The first-order valence-corrected chi connectivity index (χ1v) is 6.75. The summed E-state index contributed by atoms with van der Waals surface area (Å²) >= 11 is 0. The lowest BCUT2D eigenvalue weighted by Crippen LogP contribution is -2.40. The van der Waals surface area contributed by atoms with Gasteiger partial charge in [0.1, 0.15) is 11.4 Å².